The number of hydrogen-bond acceptors (Lipinski definition) is 5. The Labute approximate surface area is 170 Å². The number of rotatable bonds is 6. The summed E-state index contributed by atoms with van der Waals surface area (Å²) in [6, 6.07) is 18.2. The predicted molar refractivity (Wildman–Crippen MR) is 116 cm³/mol. The molecule has 3 aromatic heterocycles. The highest BCUT2D eigenvalue weighted by molar-refractivity contribution is 5.66. The summed E-state index contributed by atoms with van der Waals surface area (Å²) in [6.45, 7) is 6.26. The molecule has 0 aliphatic carbocycles. The van der Waals surface area contributed by atoms with Gasteiger partial charge in [0.25, 0.3) is 0 Å². The average Bonchev–Trinajstić information content (AvgIpc) is 2.75. The van der Waals surface area contributed by atoms with Crippen LogP contribution in [0.5, 0.6) is 0 Å². The van der Waals surface area contributed by atoms with E-state index >= 15 is 0 Å². The van der Waals surface area contributed by atoms with Gasteiger partial charge in [0.15, 0.2) is 0 Å². The van der Waals surface area contributed by atoms with Gasteiger partial charge in [0.05, 0.1) is 18.1 Å². The molecule has 4 aromatic rings. The summed E-state index contributed by atoms with van der Waals surface area (Å²) < 4.78 is 0. The minimum Gasteiger partial charge on any atom is -0.344 e. The van der Waals surface area contributed by atoms with Crippen molar-refractivity contribution < 1.29 is 0 Å². The van der Waals surface area contributed by atoms with E-state index in [2.05, 4.69) is 57.2 Å². The number of aromatic nitrogens is 4. The number of allylic oxidation sites excluding steroid dienone is 1. The molecule has 0 saturated heterocycles. The van der Waals surface area contributed by atoms with Crippen LogP contribution in [0.4, 0.5) is 5.82 Å². The zero-order chi connectivity index (χ0) is 20.1. The third-order valence-corrected chi connectivity index (χ3v) is 4.63. The summed E-state index contributed by atoms with van der Waals surface area (Å²) in [4.78, 5) is 8.83. The molecule has 0 unspecified atom stereocenters. The number of anilines is 1. The Kier molecular flexibility index (Phi) is 5.38. The average molecular weight is 379 g/mol. The first-order valence-electron chi connectivity index (χ1n) is 9.38. The van der Waals surface area contributed by atoms with Gasteiger partial charge in [0, 0.05) is 35.6 Å². The minimum atomic E-state index is 0.722. The smallest absolute Gasteiger partial charge is 0.130 e. The molecule has 0 fully saturated rings. The first-order valence-corrected chi connectivity index (χ1v) is 9.38. The Morgan fingerprint density at radius 2 is 1.83 bits per heavy atom. The van der Waals surface area contributed by atoms with Gasteiger partial charge in [0.2, 0.25) is 0 Å². The lowest BCUT2D eigenvalue weighted by molar-refractivity contribution is 1.03. The maximum atomic E-state index is 4.48. The Bertz CT molecular complexity index is 1110. The monoisotopic (exact) mass is 379 g/mol. The Balaban J connectivity index is 1.41. The van der Waals surface area contributed by atoms with Crippen molar-refractivity contribution in [3.8, 4) is 22.4 Å². The van der Waals surface area contributed by atoms with E-state index in [1.165, 1.54) is 11.1 Å². The number of aryl methyl sites for hydroxylation is 1. The van der Waals surface area contributed by atoms with Gasteiger partial charge in [-0.1, -0.05) is 30.8 Å². The second kappa shape index (κ2) is 8.44. The summed E-state index contributed by atoms with van der Waals surface area (Å²) in [5, 5.41) is 11.1. The predicted octanol–water partition coefficient (Wildman–Crippen LogP) is 5.08. The molecule has 5 nitrogen and oxygen atoms in total. The second-order valence-corrected chi connectivity index (χ2v) is 6.83. The second-order valence-electron chi connectivity index (χ2n) is 6.83. The Morgan fingerprint density at radius 3 is 2.52 bits per heavy atom. The first-order chi connectivity index (χ1) is 14.2. The van der Waals surface area contributed by atoms with Crippen LogP contribution in [0.1, 0.15) is 11.1 Å². The highest BCUT2D eigenvalue weighted by Crippen LogP contribution is 2.24. The van der Waals surface area contributed by atoms with Crippen LogP contribution in [-0.2, 0) is 6.42 Å². The van der Waals surface area contributed by atoms with Gasteiger partial charge < -0.3 is 5.32 Å². The standard InChI is InChI=1S/C24H21N5/c1-17-13-19(6-8-22(17)20-10-12-27-28-16-20)14-18(2)29-24-9-7-21(15-26-24)23-5-3-4-11-25-23/h3-13,15-16H,2,14H2,1H3,(H,26,29). The van der Waals surface area contributed by atoms with Crippen LogP contribution in [0.15, 0.2) is 91.7 Å². The van der Waals surface area contributed by atoms with Crippen LogP contribution in [0.25, 0.3) is 22.4 Å². The van der Waals surface area contributed by atoms with Gasteiger partial charge in [-0.05, 0) is 53.9 Å². The molecule has 1 aromatic carbocycles. The number of benzene rings is 1. The maximum Gasteiger partial charge on any atom is 0.130 e. The van der Waals surface area contributed by atoms with Crippen LogP contribution in [-0.4, -0.2) is 20.2 Å². The van der Waals surface area contributed by atoms with Gasteiger partial charge in [-0.15, -0.1) is 0 Å². The van der Waals surface area contributed by atoms with Crippen molar-refractivity contribution in [1.82, 2.24) is 20.2 Å². The molecular weight excluding hydrogens is 358 g/mol. The fraction of sp³-hybridized carbons (Fsp3) is 0.0833. The lowest BCUT2D eigenvalue weighted by Gasteiger charge is -2.12. The van der Waals surface area contributed by atoms with Gasteiger partial charge in [-0.3, -0.25) is 4.98 Å². The molecule has 0 saturated carbocycles. The van der Waals surface area contributed by atoms with Crippen molar-refractivity contribution >= 4 is 5.82 Å². The molecule has 0 aliphatic rings. The van der Waals surface area contributed by atoms with Crippen LogP contribution < -0.4 is 5.32 Å². The Hall–Kier alpha value is -3.86. The third-order valence-electron chi connectivity index (χ3n) is 4.63. The topological polar surface area (TPSA) is 63.6 Å². The van der Waals surface area contributed by atoms with Crippen molar-refractivity contribution in [3.05, 3.63) is 103 Å². The van der Waals surface area contributed by atoms with E-state index in [1.54, 1.807) is 18.6 Å². The first kappa shape index (κ1) is 18.5. The van der Waals surface area contributed by atoms with E-state index in [0.717, 1.165) is 40.3 Å². The normalized spacial score (nSPS) is 10.5. The van der Waals surface area contributed by atoms with Gasteiger partial charge in [-0.2, -0.15) is 10.2 Å². The fourth-order valence-corrected chi connectivity index (χ4v) is 3.23. The molecule has 0 atom stereocenters. The quantitative estimate of drug-likeness (QED) is 0.506. The molecule has 1 N–H and O–H groups in total. The van der Waals surface area contributed by atoms with E-state index in [1.807, 2.05) is 42.6 Å². The van der Waals surface area contributed by atoms with Crippen LogP contribution in [0.2, 0.25) is 0 Å². The molecule has 0 bridgehead atoms. The SMILES string of the molecule is C=C(Cc1ccc(-c2ccnnc2)c(C)c1)Nc1ccc(-c2ccccn2)cn1. The third kappa shape index (κ3) is 4.52. The zero-order valence-electron chi connectivity index (χ0n) is 16.2. The van der Waals surface area contributed by atoms with Crippen molar-refractivity contribution in [3.63, 3.8) is 0 Å². The molecule has 4 rings (SSSR count). The molecule has 0 spiro atoms. The van der Waals surface area contributed by atoms with Crippen molar-refractivity contribution in [2.24, 2.45) is 0 Å². The Morgan fingerprint density at radius 1 is 0.897 bits per heavy atom. The summed E-state index contributed by atoms with van der Waals surface area (Å²) in [5.41, 5.74) is 7.40. The highest BCUT2D eigenvalue weighted by atomic mass is 15.1. The summed E-state index contributed by atoms with van der Waals surface area (Å²) in [7, 11) is 0. The fourth-order valence-electron chi connectivity index (χ4n) is 3.23. The summed E-state index contributed by atoms with van der Waals surface area (Å²) in [5.74, 6) is 0.769. The summed E-state index contributed by atoms with van der Waals surface area (Å²) in [6.07, 6.45) is 7.81. The van der Waals surface area contributed by atoms with E-state index in [-0.39, 0.29) is 0 Å². The zero-order valence-corrected chi connectivity index (χ0v) is 16.2. The number of nitrogens with zero attached hydrogens (tertiary/aromatic N) is 4. The molecule has 0 aliphatic heterocycles. The maximum absolute atomic E-state index is 4.48. The van der Waals surface area contributed by atoms with Crippen LogP contribution in [0.3, 0.4) is 0 Å². The molecule has 142 valence electrons. The van der Waals surface area contributed by atoms with Crippen molar-refractivity contribution in [2.75, 3.05) is 5.32 Å². The number of hydrogen-bond donors (Lipinski definition) is 1. The minimum absolute atomic E-state index is 0.722. The molecule has 5 heteroatoms. The van der Waals surface area contributed by atoms with Crippen molar-refractivity contribution in [1.29, 1.82) is 0 Å². The lowest BCUT2D eigenvalue weighted by atomic mass is 9.98. The molecule has 0 amide bonds. The van der Waals surface area contributed by atoms with E-state index in [9.17, 15) is 0 Å². The largest absolute Gasteiger partial charge is 0.344 e. The van der Waals surface area contributed by atoms with Crippen molar-refractivity contribution in [2.45, 2.75) is 13.3 Å². The van der Waals surface area contributed by atoms with E-state index in [4.69, 9.17) is 0 Å². The summed E-state index contributed by atoms with van der Waals surface area (Å²) >= 11 is 0. The highest BCUT2D eigenvalue weighted by Gasteiger charge is 2.06. The lowest BCUT2D eigenvalue weighted by Crippen LogP contribution is -2.03. The van der Waals surface area contributed by atoms with Gasteiger partial charge >= 0.3 is 0 Å². The van der Waals surface area contributed by atoms with Crippen LogP contribution >= 0.6 is 0 Å². The molecule has 3 heterocycles. The number of pyridine rings is 2. The van der Waals surface area contributed by atoms with E-state index < -0.39 is 0 Å². The molecular formula is C24H21N5. The molecule has 29 heavy (non-hydrogen) atoms. The van der Waals surface area contributed by atoms with Crippen LogP contribution in [0, 0.1) is 6.92 Å². The van der Waals surface area contributed by atoms with Gasteiger partial charge in [0.1, 0.15) is 5.82 Å². The number of nitrogens with one attached hydrogen (secondary N) is 1. The van der Waals surface area contributed by atoms with E-state index in [0.29, 0.717) is 0 Å². The van der Waals surface area contributed by atoms with Gasteiger partial charge in [-0.25, -0.2) is 4.98 Å². The molecule has 0 radical (unpaired) electrons.